The molecule has 1 aromatic carbocycles. The molecule has 1 saturated carbocycles. The highest BCUT2D eigenvalue weighted by Crippen LogP contribution is 2.47. The van der Waals surface area contributed by atoms with Crippen LogP contribution in [0.15, 0.2) is 18.2 Å². The van der Waals surface area contributed by atoms with Crippen molar-refractivity contribution in [2.24, 2.45) is 5.73 Å². The summed E-state index contributed by atoms with van der Waals surface area (Å²) < 4.78 is 13.4. The SMILES string of the molecule is NC1(c2cc(F)ccc2N2CCCCC2)CC1. The van der Waals surface area contributed by atoms with Crippen LogP contribution in [-0.4, -0.2) is 13.1 Å². The van der Waals surface area contributed by atoms with Crippen LogP contribution >= 0.6 is 0 Å². The molecule has 0 bridgehead atoms. The van der Waals surface area contributed by atoms with E-state index in [0.717, 1.165) is 37.2 Å². The summed E-state index contributed by atoms with van der Waals surface area (Å²) in [6.45, 7) is 2.16. The first-order valence-electron chi connectivity index (χ1n) is 6.53. The maximum atomic E-state index is 13.4. The largest absolute Gasteiger partial charge is 0.371 e. The van der Waals surface area contributed by atoms with Gasteiger partial charge in [0.2, 0.25) is 0 Å². The lowest BCUT2D eigenvalue weighted by Crippen LogP contribution is -2.32. The molecule has 3 rings (SSSR count). The van der Waals surface area contributed by atoms with Gasteiger partial charge in [0.15, 0.2) is 0 Å². The van der Waals surface area contributed by atoms with Gasteiger partial charge in [-0.1, -0.05) is 0 Å². The monoisotopic (exact) mass is 234 g/mol. The molecule has 3 heteroatoms. The topological polar surface area (TPSA) is 29.3 Å². The fourth-order valence-electron chi connectivity index (χ4n) is 2.72. The van der Waals surface area contributed by atoms with Gasteiger partial charge in [0.05, 0.1) is 0 Å². The van der Waals surface area contributed by atoms with Crippen molar-refractivity contribution >= 4 is 5.69 Å². The van der Waals surface area contributed by atoms with E-state index in [-0.39, 0.29) is 11.4 Å². The number of nitrogens with zero attached hydrogens (tertiary/aromatic N) is 1. The molecule has 0 unspecified atom stereocenters. The Morgan fingerprint density at radius 3 is 2.47 bits per heavy atom. The zero-order chi connectivity index (χ0) is 11.9. The normalized spacial score (nSPS) is 22.6. The first-order chi connectivity index (χ1) is 8.19. The Hall–Kier alpha value is -1.09. The van der Waals surface area contributed by atoms with Gasteiger partial charge >= 0.3 is 0 Å². The van der Waals surface area contributed by atoms with E-state index in [1.807, 2.05) is 6.07 Å². The Bertz CT molecular complexity index is 420. The van der Waals surface area contributed by atoms with Gasteiger partial charge in [0, 0.05) is 24.3 Å². The van der Waals surface area contributed by atoms with Crippen LogP contribution in [0.4, 0.5) is 10.1 Å². The average molecular weight is 234 g/mol. The summed E-state index contributed by atoms with van der Waals surface area (Å²) in [7, 11) is 0. The highest BCUT2D eigenvalue weighted by Gasteiger charge is 2.42. The smallest absolute Gasteiger partial charge is 0.123 e. The summed E-state index contributed by atoms with van der Waals surface area (Å²) in [5, 5.41) is 0. The average Bonchev–Trinajstić information content (AvgIpc) is 3.10. The standard InChI is InChI=1S/C14H19FN2/c15-11-4-5-13(17-8-2-1-3-9-17)12(10-11)14(16)6-7-14/h4-5,10H,1-3,6-9,16H2. The molecule has 92 valence electrons. The predicted molar refractivity (Wildman–Crippen MR) is 67.6 cm³/mol. The molecule has 2 N–H and O–H groups in total. The number of halogens is 1. The summed E-state index contributed by atoms with van der Waals surface area (Å²) >= 11 is 0. The van der Waals surface area contributed by atoms with Crippen molar-refractivity contribution in [3.8, 4) is 0 Å². The third-order valence-corrected chi connectivity index (χ3v) is 3.98. The van der Waals surface area contributed by atoms with E-state index in [0.29, 0.717) is 0 Å². The van der Waals surface area contributed by atoms with E-state index in [1.54, 1.807) is 12.1 Å². The summed E-state index contributed by atoms with van der Waals surface area (Å²) in [5.41, 5.74) is 8.17. The Morgan fingerprint density at radius 1 is 1.12 bits per heavy atom. The number of rotatable bonds is 2. The summed E-state index contributed by atoms with van der Waals surface area (Å²) in [4.78, 5) is 2.37. The Kier molecular flexibility index (Phi) is 2.58. The first kappa shape index (κ1) is 11.0. The number of hydrogen-bond donors (Lipinski definition) is 1. The maximum Gasteiger partial charge on any atom is 0.123 e. The van der Waals surface area contributed by atoms with Crippen LogP contribution in [0.3, 0.4) is 0 Å². The van der Waals surface area contributed by atoms with Gasteiger partial charge in [-0.05, 0) is 55.9 Å². The molecule has 0 spiro atoms. The molecule has 2 fully saturated rings. The molecule has 1 aromatic rings. The highest BCUT2D eigenvalue weighted by atomic mass is 19.1. The summed E-state index contributed by atoms with van der Waals surface area (Å²) in [5.74, 6) is -0.169. The van der Waals surface area contributed by atoms with Gasteiger partial charge in [-0.25, -0.2) is 4.39 Å². The van der Waals surface area contributed by atoms with E-state index in [4.69, 9.17) is 5.73 Å². The van der Waals surface area contributed by atoms with Crippen LogP contribution in [0.25, 0.3) is 0 Å². The Balaban J connectivity index is 1.97. The zero-order valence-electron chi connectivity index (χ0n) is 10.1. The van der Waals surface area contributed by atoms with Gasteiger partial charge in [-0.3, -0.25) is 0 Å². The van der Waals surface area contributed by atoms with Crippen molar-refractivity contribution in [1.82, 2.24) is 0 Å². The molecule has 0 amide bonds. The van der Waals surface area contributed by atoms with E-state index < -0.39 is 0 Å². The van der Waals surface area contributed by atoms with E-state index in [9.17, 15) is 4.39 Å². The molecule has 17 heavy (non-hydrogen) atoms. The second kappa shape index (κ2) is 3.98. The van der Waals surface area contributed by atoms with Crippen molar-refractivity contribution in [2.45, 2.75) is 37.6 Å². The minimum atomic E-state index is -0.255. The van der Waals surface area contributed by atoms with Gasteiger partial charge in [0.25, 0.3) is 0 Å². The molecule has 0 atom stereocenters. The van der Waals surface area contributed by atoms with Gasteiger partial charge in [-0.15, -0.1) is 0 Å². The molecule has 1 aliphatic heterocycles. The molecular weight excluding hydrogens is 215 g/mol. The minimum absolute atomic E-state index is 0.169. The van der Waals surface area contributed by atoms with E-state index >= 15 is 0 Å². The highest BCUT2D eigenvalue weighted by molar-refractivity contribution is 5.58. The molecular formula is C14H19FN2. The number of nitrogens with two attached hydrogens (primary N) is 1. The number of anilines is 1. The van der Waals surface area contributed by atoms with Gasteiger partial charge in [0.1, 0.15) is 5.82 Å². The lowest BCUT2D eigenvalue weighted by atomic mass is 10.0. The van der Waals surface area contributed by atoms with Gasteiger partial charge < -0.3 is 10.6 Å². The third-order valence-electron chi connectivity index (χ3n) is 3.98. The number of piperidine rings is 1. The molecule has 0 aromatic heterocycles. The lowest BCUT2D eigenvalue weighted by Gasteiger charge is -2.32. The molecule has 1 aliphatic carbocycles. The minimum Gasteiger partial charge on any atom is -0.371 e. The van der Waals surface area contributed by atoms with Crippen molar-refractivity contribution in [3.05, 3.63) is 29.6 Å². The van der Waals surface area contributed by atoms with Crippen molar-refractivity contribution in [3.63, 3.8) is 0 Å². The van der Waals surface area contributed by atoms with Gasteiger partial charge in [-0.2, -0.15) is 0 Å². The van der Waals surface area contributed by atoms with Crippen molar-refractivity contribution in [2.75, 3.05) is 18.0 Å². The molecule has 0 radical (unpaired) electrons. The first-order valence-corrected chi connectivity index (χ1v) is 6.53. The van der Waals surface area contributed by atoms with E-state index in [1.165, 1.54) is 19.3 Å². The van der Waals surface area contributed by atoms with Crippen LogP contribution in [0.5, 0.6) is 0 Å². The molecule has 2 aliphatic rings. The fraction of sp³-hybridized carbons (Fsp3) is 0.571. The Labute approximate surface area is 102 Å². The maximum absolute atomic E-state index is 13.4. The van der Waals surface area contributed by atoms with Crippen LogP contribution in [0.2, 0.25) is 0 Å². The second-order valence-corrected chi connectivity index (χ2v) is 5.37. The summed E-state index contributed by atoms with van der Waals surface area (Å²) in [6, 6.07) is 5.10. The lowest BCUT2D eigenvalue weighted by molar-refractivity contribution is 0.569. The van der Waals surface area contributed by atoms with E-state index in [2.05, 4.69) is 4.90 Å². The predicted octanol–water partition coefficient (Wildman–Crippen LogP) is 2.76. The fourth-order valence-corrected chi connectivity index (χ4v) is 2.72. The number of hydrogen-bond acceptors (Lipinski definition) is 2. The summed E-state index contributed by atoms with van der Waals surface area (Å²) in [6.07, 6.45) is 5.73. The van der Waals surface area contributed by atoms with Crippen LogP contribution in [0, 0.1) is 5.82 Å². The number of benzene rings is 1. The molecule has 1 heterocycles. The van der Waals surface area contributed by atoms with Crippen LogP contribution < -0.4 is 10.6 Å². The van der Waals surface area contributed by atoms with Crippen LogP contribution in [0.1, 0.15) is 37.7 Å². The Morgan fingerprint density at radius 2 is 1.82 bits per heavy atom. The molecule has 2 nitrogen and oxygen atoms in total. The third kappa shape index (κ3) is 2.04. The van der Waals surface area contributed by atoms with Crippen molar-refractivity contribution in [1.29, 1.82) is 0 Å². The zero-order valence-corrected chi connectivity index (χ0v) is 10.1. The molecule has 1 saturated heterocycles. The van der Waals surface area contributed by atoms with Crippen LogP contribution in [-0.2, 0) is 5.54 Å². The quantitative estimate of drug-likeness (QED) is 0.852. The van der Waals surface area contributed by atoms with Crippen molar-refractivity contribution < 1.29 is 4.39 Å². The second-order valence-electron chi connectivity index (χ2n) is 5.37.